The summed E-state index contributed by atoms with van der Waals surface area (Å²) >= 11 is 0. The van der Waals surface area contributed by atoms with Crippen LogP contribution in [-0.2, 0) is 13.6 Å². The predicted octanol–water partition coefficient (Wildman–Crippen LogP) is 3.17. The Bertz CT molecular complexity index is 589. The van der Waals surface area contributed by atoms with Crippen LogP contribution in [0.5, 0.6) is 0 Å². The number of nitrogens with zero attached hydrogens (tertiary/aromatic N) is 3. The van der Waals surface area contributed by atoms with Crippen LogP contribution < -0.4 is 0 Å². The van der Waals surface area contributed by atoms with E-state index in [9.17, 15) is 4.79 Å². The molecule has 0 radical (unpaired) electrons. The third-order valence-electron chi connectivity index (χ3n) is 3.51. The number of hydrogen-bond donors (Lipinski definition) is 0. The number of benzene rings is 1. The zero-order valence-corrected chi connectivity index (χ0v) is 13.0. The molecule has 0 atom stereocenters. The van der Waals surface area contributed by atoms with Crippen LogP contribution in [0.3, 0.4) is 0 Å². The minimum absolute atomic E-state index is 0.0513. The molecule has 0 N–H and O–H groups in total. The van der Waals surface area contributed by atoms with Crippen molar-refractivity contribution in [1.82, 2.24) is 14.7 Å². The summed E-state index contributed by atoms with van der Waals surface area (Å²) in [6, 6.07) is 12.0. The molecule has 112 valence electrons. The van der Waals surface area contributed by atoms with Crippen LogP contribution in [0.2, 0.25) is 0 Å². The monoisotopic (exact) mass is 285 g/mol. The van der Waals surface area contributed by atoms with Gasteiger partial charge in [0.1, 0.15) is 5.69 Å². The summed E-state index contributed by atoms with van der Waals surface area (Å²) < 4.78 is 1.67. The van der Waals surface area contributed by atoms with Crippen LogP contribution >= 0.6 is 0 Å². The fourth-order valence-corrected chi connectivity index (χ4v) is 2.38. The molecule has 21 heavy (non-hydrogen) atoms. The van der Waals surface area contributed by atoms with E-state index in [4.69, 9.17) is 0 Å². The molecule has 0 saturated heterocycles. The lowest BCUT2D eigenvalue weighted by atomic mass is 10.2. The lowest BCUT2D eigenvalue weighted by molar-refractivity contribution is 0.0729. The average Bonchev–Trinajstić information content (AvgIpc) is 2.82. The number of aromatic nitrogens is 2. The zero-order valence-electron chi connectivity index (χ0n) is 13.0. The molecule has 2 aromatic rings. The first-order chi connectivity index (χ1) is 10.1. The number of carbonyl (C=O) groups excluding carboxylic acids is 1. The average molecular weight is 285 g/mol. The van der Waals surface area contributed by atoms with E-state index in [2.05, 4.69) is 24.2 Å². The summed E-state index contributed by atoms with van der Waals surface area (Å²) in [6.45, 7) is 5.46. The molecule has 0 fully saturated rings. The fraction of sp³-hybridized carbons (Fsp3) is 0.412. The second kappa shape index (κ2) is 7.07. The van der Waals surface area contributed by atoms with Crippen LogP contribution in [0.4, 0.5) is 0 Å². The van der Waals surface area contributed by atoms with Crippen molar-refractivity contribution in [2.75, 3.05) is 6.54 Å². The molecule has 0 aliphatic heterocycles. The van der Waals surface area contributed by atoms with Gasteiger partial charge in [0, 0.05) is 20.1 Å². The molecule has 1 heterocycles. The van der Waals surface area contributed by atoms with Gasteiger partial charge in [0.25, 0.3) is 5.91 Å². The third-order valence-corrected chi connectivity index (χ3v) is 3.51. The van der Waals surface area contributed by atoms with E-state index in [1.54, 1.807) is 4.68 Å². The molecular formula is C17H23N3O. The Kier molecular flexibility index (Phi) is 5.14. The normalized spacial score (nSPS) is 10.6. The lowest BCUT2D eigenvalue weighted by Crippen LogP contribution is -2.32. The van der Waals surface area contributed by atoms with Crippen molar-refractivity contribution in [3.63, 3.8) is 0 Å². The van der Waals surface area contributed by atoms with Crippen LogP contribution in [0.1, 0.15) is 41.5 Å². The smallest absolute Gasteiger partial charge is 0.272 e. The molecule has 0 unspecified atom stereocenters. The van der Waals surface area contributed by atoms with Gasteiger partial charge in [-0.1, -0.05) is 43.7 Å². The summed E-state index contributed by atoms with van der Waals surface area (Å²) in [6.07, 6.45) is 2.08. The molecule has 0 aliphatic carbocycles. The highest BCUT2D eigenvalue weighted by Crippen LogP contribution is 2.12. The highest BCUT2D eigenvalue weighted by atomic mass is 16.2. The Morgan fingerprint density at radius 2 is 2.00 bits per heavy atom. The van der Waals surface area contributed by atoms with Crippen molar-refractivity contribution >= 4 is 5.91 Å². The number of carbonyl (C=O) groups is 1. The molecule has 0 aliphatic rings. The standard InChI is InChI=1S/C17H23N3O/c1-4-5-11-20(13-15-9-7-6-8-10-15)17(21)16-12-14(2)18-19(16)3/h6-10,12H,4-5,11,13H2,1-3H3. The van der Waals surface area contributed by atoms with Crippen LogP contribution in [0.25, 0.3) is 0 Å². The van der Waals surface area contributed by atoms with Gasteiger partial charge in [-0.15, -0.1) is 0 Å². The number of rotatable bonds is 6. The summed E-state index contributed by atoms with van der Waals surface area (Å²) in [7, 11) is 1.82. The first kappa shape index (κ1) is 15.3. The Hall–Kier alpha value is -2.10. The Labute approximate surface area is 126 Å². The maximum atomic E-state index is 12.8. The van der Waals surface area contributed by atoms with Crippen LogP contribution in [0, 0.1) is 6.92 Å². The topological polar surface area (TPSA) is 38.1 Å². The summed E-state index contributed by atoms with van der Waals surface area (Å²) in [5.41, 5.74) is 2.68. The largest absolute Gasteiger partial charge is 0.333 e. The van der Waals surface area contributed by atoms with Gasteiger partial charge < -0.3 is 4.90 Å². The van der Waals surface area contributed by atoms with E-state index in [1.165, 1.54) is 0 Å². The number of hydrogen-bond acceptors (Lipinski definition) is 2. The molecule has 4 heteroatoms. The molecule has 0 bridgehead atoms. The van der Waals surface area contributed by atoms with Crippen molar-refractivity contribution in [2.45, 2.75) is 33.2 Å². The van der Waals surface area contributed by atoms with Crippen molar-refractivity contribution in [3.05, 3.63) is 53.3 Å². The van der Waals surface area contributed by atoms with Crippen molar-refractivity contribution in [2.24, 2.45) is 7.05 Å². The molecule has 2 rings (SSSR count). The number of unbranched alkanes of at least 4 members (excludes halogenated alkanes) is 1. The zero-order chi connectivity index (χ0) is 15.2. The van der Waals surface area contributed by atoms with E-state index in [0.29, 0.717) is 12.2 Å². The van der Waals surface area contributed by atoms with E-state index >= 15 is 0 Å². The molecule has 4 nitrogen and oxygen atoms in total. The summed E-state index contributed by atoms with van der Waals surface area (Å²) in [5, 5.41) is 4.27. The van der Waals surface area contributed by atoms with E-state index < -0.39 is 0 Å². The Balaban J connectivity index is 2.19. The van der Waals surface area contributed by atoms with Gasteiger partial charge in [0.2, 0.25) is 0 Å². The van der Waals surface area contributed by atoms with E-state index in [1.807, 2.05) is 43.1 Å². The second-order valence-corrected chi connectivity index (χ2v) is 5.36. The third kappa shape index (κ3) is 3.94. The van der Waals surface area contributed by atoms with Crippen molar-refractivity contribution in [3.8, 4) is 0 Å². The Morgan fingerprint density at radius 3 is 2.57 bits per heavy atom. The molecule has 0 spiro atoms. The molecule has 1 aromatic heterocycles. The number of aryl methyl sites for hydroxylation is 2. The first-order valence-electron chi connectivity index (χ1n) is 7.45. The molecule has 0 saturated carbocycles. The number of amides is 1. The second-order valence-electron chi connectivity index (χ2n) is 5.36. The van der Waals surface area contributed by atoms with Gasteiger partial charge in [-0.25, -0.2) is 0 Å². The minimum atomic E-state index is 0.0513. The highest BCUT2D eigenvalue weighted by Gasteiger charge is 2.19. The van der Waals surface area contributed by atoms with Crippen molar-refractivity contribution in [1.29, 1.82) is 0 Å². The quantitative estimate of drug-likeness (QED) is 0.817. The first-order valence-corrected chi connectivity index (χ1v) is 7.45. The van der Waals surface area contributed by atoms with Gasteiger partial charge in [-0.05, 0) is 25.0 Å². The fourth-order valence-electron chi connectivity index (χ4n) is 2.38. The molecule has 1 amide bonds. The van der Waals surface area contributed by atoms with Crippen LogP contribution in [0.15, 0.2) is 36.4 Å². The highest BCUT2D eigenvalue weighted by molar-refractivity contribution is 5.92. The Morgan fingerprint density at radius 1 is 1.29 bits per heavy atom. The van der Waals surface area contributed by atoms with Gasteiger partial charge >= 0.3 is 0 Å². The maximum Gasteiger partial charge on any atom is 0.272 e. The van der Waals surface area contributed by atoms with Crippen molar-refractivity contribution < 1.29 is 4.79 Å². The lowest BCUT2D eigenvalue weighted by Gasteiger charge is -2.22. The SMILES string of the molecule is CCCCN(Cc1ccccc1)C(=O)c1cc(C)nn1C. The van der Waals surface area contributed by atoms with E-state index in [-0.39, 0.29) is 5.91 Å². The minimum Gasteiger partial charge on any atom is -0.333 e. The van der Waals surface area contributed by atoms with E-state index in [0.717, 1.165) is 30.6 Å². The summed E-state index contributed by atoms with van der Waals surface area (Å²) in [4.78, 5) is 14.7. The molecule has 1 aromatic carbocycles. The van der Waals surface area contributed by atoms with Gasteiger partial charge in [-0.3, -0.25) is 9.48 Å². The van der Waals surface area contributed by atoms with Crippen LogP contribution in [-0.4, -0.2) is 27.1 Å². The summed E-state index contributed by atoms with van der Waals surface area (Å²) in [5.74, 6) is 0.0513. The molecular weight excluding hydrogens is 262 g/mol. The van der Waals surface area contributed by atoms with Gasteiger partial charge in [0.05, 0.1) is 5.69 Å². The van der Waals surface area contributed by atoms with Gasteiger partial charge in [0.15, 0.2) is 0 Å². The predicted molar refractivity (Wildman–Crippen MR) is 84.0 cm³/mol. The van der Waals surface area contributed by atoms with Gasteiger partial charge in [-0.2, -0.15) is 5.10 Å². The maximum absolute atomic E-state index is 12.8.